The lowest BCUT2D eigenvalue weighted by molar-refractivity contribution is 0.662. The van der Waals surface area contributed by atoms with Gasteiger partial charge in [-0.15, -0.1) is 0 Å². The first-order valence-electron chi connectivity index (χ1n) is 21.1. The average molecular weight is 784 g/mol. The fourth-order valence-corrected chi connectivity index (χ4v) is 9.88. The van der Waals surface area contributed by atoms with E-state index in [2.05, 4.69) is 156 Å². The number of benzene rings is 6. The second-order valence-electron chi connectivity index (χ2n) is 16.3. The van der Waals surface area contributed by atoms with Gasteiger partial charge in [-0.25, -0.2) is 9.97 Å². The van der Waals surface area contributed by atoms with Gasteiger partial charge in [-0.2, -0.15) is 0 Å². The Labute approximate surface area is 351 Å². The molecule has 5 heteroatoms. The van der Waals surface area contributed by atoms with E-state index in [1.165, 1.54) is 44.4 Å². The molecule has 61 heavy (non-hydrogen) atoms. The average Bonchev–Trinajstić information content (AvgIpc) is 4.00. The summed E-state index contributed by atoms with van der Waals surface area (Å²) < 4.78 is 16.0. The predicted octanol–water partition coefficient (Wildman–Crippen LogP) is 14.6. The molecule has 5 nitrogen and oxygen atoms in total. The van der Waals surface area contributed by atoms with Crippen molar-refractivity contribution in [3.05, 3.63) is 198 Å². The molecule has 288 valence electrons. The molecular formula is C56H37N3O2. The van der Waals surface area contributed by atoms with Crippen LogP contribution in [0.4, 0.5) is 0 Å². The molecule has 0 fully saturated rings. The highest BCUT2D eigenvalue weighted by atomic mass is 16.3. The molecule has 6 aromatic carbocycles. The van der Waals surface area contributed by atoms with Crippen LogP contribution in [0.1, 0.15) is 29.7 Å². The zero-order valence-corrected chi connectivity index (χ0v) is 33.2. The van der Waals surface area contributed by atoms with Crippen LogP contribution in [-0.2, 0) is 6.42 Å². The normalized spacial score (nSPS) is 15.8. The lowest BCUT2D eigenvalue weighted by Crippen LogP contribution is -2.14. The Hall–Kier alpha value is -7.76. The van der Waals surface area contributed by atoms with Crippen molar-refractivity contribution in [2.24, 2.45) is 5.92 Å². The first-order valence-corrected chi connectivity index (χ1v) is 21.1. The van der Waals surface area contributed by atoms with E-state index in [-0.39, 0.29) is 0 Å². The number of para-hydroxylation sites is 2. The fourth-order valence-electron chi connectivity index (χ4n) is 9.88. The standard InChI is InChI=1S/C56H37N3O2/c1-3-13-34(14-4-1)36-25-27-37(28-26-36)52-55-53(41-19-9-10-23-49(41)60-55)58-56(57-52)43-21-12-24-50-51(43)42-20-11-22-47(54(42)61-50)59-46-30-29-40(35-15-5-2-6-16-35)32-44(46)45-31-38-17-7-8-18-39(38)33-48(45)59/h1,3-5,7-32,39H,2,6,33H2. The van der Waals surface area contributed by atoms with Crippen LogP contribution >= 0.6 is 0 Å². The monoisotopic (exact) mass is 783 g/mol. The molecule has 3 aliphatic carbocycles. The van der Waals surface area contributed by atoms with Gasteiger partial charge >= 0.3 is 0 Å². The molecule has 0 aliphatic heterocycles. The van der Waals surface area contributed by atoms with Crippen molar-refractivity contribution in [2.45, 2.75) is 19.3 Å². The zero-order valence-electron chi connectivity index (χ0n) is 33.2. The van der Waals surface area contributed by atoms with Gasteiger partial charge in [0.2, 0.25) is 0 Å². The van der Waals surface area contributed by atoms with Gasteiger partial charge in [0.05, 0.1) is 11.2 Å². The minimum atomic E-state index is 0.320. The summed E-state index contributed by atoms with van der Waals surface area (Å²) in [7, 11) is 0. The summed E-state index contributed by atoms with van der Waals surface area (Å²) in [6, 6.07) is 46.9. The van der Waals surface area contributed by atoms with E-state index in [9.17, 15) is 0 Å². The van der Waals surface area contributed by atoms with Crippen molar-refractivity contribution < 1.29 is 8.83 Å². The predicted molar refractivity (Wildman–Crippen MR) is 250 cm³/mol. The lowest BCUT2D eigenvalue weighted by Gasteiger charge is -2.23. The van der Waals surface area contributed by atoms with Gasteiger partial charge < -0.3 is 13.4 Å². The molecule has 0 spiro atoms. The Bertz CT molecular complexity index is 3610. The van der Waals surface area contributed by atoms with Crippen LogP contribution in [0.3, 0.4) is 0 Å². The quantitative estimate of drug-likeness (QED) is 0.174. The van der Waals surface area contributed by atoms with Crippen molar-refractivity contribution in [1.29, 1.82) is 0 Å². The molecular weight excluding hydrogens is 747 g/mol. The second-order valence-corrected chi connectivity index (χ2v) is 16.3. The Morgan fingerprint density at radius 3 is 2.30 bits per heavy atom. The molecule has 10 aromatic rings. The van der Waals surface area contributed by atoms with E-state index >= 15 is 0 Å². The van der Waals surface area contributed by atoms with Gasteiger partial charge in [0, 0.05) is 49.8 Å². The van der Waals surface area contributed by atoms with Gasteiger partial charge in [-0.1, -0.05) is 140 Å². The third-order valence-corrected chi connectivity index (χ3v) is 12.8. The topological polar surface area (TPSA) is 57.0 Å². The van der Waals surface area contributed by atoms with Gasteiger partial charge in [0.1, 0.15) is 22.4 Å². The summed E-state index contributed by atoms with van der Waals surface area (Å²) >= 11 is 0. The van der Waals surface area contributed by atoms with Crippen LogP contribution in [0.25, 0.3) is 106 Å². The van der Waals surface area contributed by atoms with Crippen molar-refractivity contribution in [3.63, 3.8) is 0 Å². The van der Waals surface area contributed by atoms with Gasteiger partial charge in [0.25, 0.3) is 0 Å². The van der Waals surface area contributed by atoms with E-state index in [0.29, 0.717) is 17.3 Å². The van der Waals surface area contributed by atoms with Crippen LogP contribution in [0.5, 0.6) is 0 Å². The zero-order chi connectivity index (χ0) is 40.0. The van der Waals surface area contributed by atoms with E-state index in [0.717, 1.165) is 85.8 Å². The first kappa shape index (κ1) is 34.1. The van der Waals surface area contributed by atoms with E-state index in [1.807, 2.05) is 30.3 Å². The lowest BCUT2D eigenvalue weighted by atomic mass is 9.83. The minimum Gasteiger partial charge on any atom is -0.454 e. The number of hydrogen-bond acceptors (Lipinski definition) is 4. The molecule has 4 aromatic heterocycles. The number of furan rings is 2. The number of allylic oxidation sites excluding steroid dienone is 9. The summed E-state index contributed by atoms with van der Waals surface area (Å²) in [6.45, 7) is 0. The highest BCUT2D eigenvalue weighted by Gasteiger charge is 2.29. The highest BCUT2D eigenvalue weighted by Crippen LogP contribution is 2.45. The fraction of sp³-hybridized carbons (Fsp3) is 0.0714. The van der Waals surface area contributed by atoms with Crippen molar-refractivity contribution >= 4 is 66.6 Å². The Balaban J connectivity index is 1.02. The highest BCUT2D eigenvalue weighted by molar-refractivity contribution is 6.15. The molecule has 1 atom stereocenters. The number of aromatic nitrogens is 3. The van der Waals surface area contributed by atoms with E-state index < -0.39 is 0 Å². The molecule has 0 saturated heterocycles. The van der Waals surface area contributed by atoms with Crippen molar-refractivity contribution in [3.8, 4) is 39.5 Å². The van der Waals surface area contributed by atoms with E-state index in [1.54, 1.807) is 0 Å². The van der Waals surface area contributed by atoms with Crippen LogP contribution in [0, 0.1) is 5.92 Å². The Kier molecular flexibility index (Phi) is 7.49. The third-order valence-electron chi connectivity index (χ3n) is 12.8. The van der Waals surface area contributed by atoms with Gasteiger partial charge in [-0.3, -0.25) is 0 Å². The summed E-state index contributed by atoms with van der Waals surface area (Å²) in [5.41, 5.74) is 17.5. The maximum atomic E-state index is 6.99. The molecule has 0 radical (unpaired) electrons. The second kappa shape index (κ2) is 13.4. The molecule has 0 bridgehead atoms. The summed E-state index contributed by atoms with van der Waals surface area (Å²) in [5, 5.41) is 4.23. The molecule has 0 amide bonds. The minimum absolute atomic E-state index is 0.320. The largest absolute Gasteiger partial charge is 0.454 e. The maximum Gasteiger partial charge on any atom is 0.180 e. The van der Waals surface area contributed by atoms with E-state index in [4.69, 9.17) is 18.8 Å². The van der Waals surface area contributed by atoms with Crippen LogP contribution in [-0.4, -0.2) is 14.5 Å². The Morgan fingerprint density at radius 1 is 0.607 bits per heavy atom. The molecule has 1 unspecified atom stereocenters. The van der Waals surface area contributed by atoms with Gasteiger partial charge in [-0.05, 0) is 89.6 Å². The third kappa shape index (κ3) is 5.33. The smallest absolute Gasteiger partial charge is 0.180 e. The molecule has 3 aliphatic rings. The van der Waals surface area contributed by atoms with Crippen molar-refractivity contribution in [2.75, 3.05) is 0 Å². The number of rotatable bonds is 5. The number of fused-ring (bicyclic) bond motifs is 10. The molecule has 0 saturated carbocycles. The van der Waals surface area contributed by atoms with Crippen LogP contribution < -0.4 is 0 Å². The molecule has 0 N–H and O–H groups in total. The molecule has 4 heterocycles. The van der Waals surface area contributed by atoms with Gasteiger partial charge in [0.15, 0.2) is 17.0 Å². The van der Waals surface area contributed by atoms with Crippen LogP contribution in [0.2, 0.25) is 0 Å². The SMILES string of the molecule is C1=CC2=Cc3c(n(-c4cccc5c4oc4cccc(-c6nc(-c7ccc(-c8ccccc8)cc7)c7oc8ccccc8c7n6)c45)c4ccc(C5=CCCC=C5)cc34)CC2C=C1. The molecule has 13 rings (SSSR count). The number of nitrogens with zero attached hydrogens (tertiary/aromatic N) is 3. The number of hydrogen-bond donors (Lipinski definition) is 0. The first-order chi connectivity index (χ1) is 30.2. The van der Waals surface area contributed by atoms with Crippen molar-refractivity contribution in [1.82, 2.24) is 14.5 Å². The summed E-state index contributed by atoms with van der Waals surface area (Å²) in [6.07, 6.45) is 21.3. The summed E-state index contributed by atoms with van der Waals surface area (Å²) in [5.74, 6) is 0.942. The van der Waals surface area contributed by atoms with Crippen LogP contribution in [0.15, 0.2) is 190 Å². The Morgan fingerprint density at radius 2 is 1.39 bits per heavy atom. The maximum absolute atomic E-state index is 6.99. The summed E-state index contributed by atoms with van der Waals surface area (Å²) in [4.78, 5) is 10.7.